The predicted molar refractivity (Wildman–Crippen MR) is 132 cm³/mol. The van der Waals surface area contributed by atoms with E-state index < -0.39 is 0 Å². The second kappa shape index (κ2) is 10.1. The largest absolute Gasteiger partial charge is 0.367 e. The van der Waals surface area contributed by atoms with E-state index in [-0.39, 0.29) is 22.7 Å². The van der Waals surface area contributed by atoms with Crippen LogP contribution in [-0.2, 0) is 11.3 Å². The molecular weight excluding hydrogens is 435 g/mol. The number of rotatable bonds is 5. The molecule has 0 unspecified atom stereocenters. The van der Waals surface area contributed by atoms with E-state index in [1.54, 1.807) is 12.1 Å². The van der Waals surface area contributed by atoms with Crippen LogP contribution in [0, 0.1) is 11.2 Å². The molecule has 0 saturated carbocycles. The van der Waals surface area contributed by atoms with Gasteiger partial charge < -0.3 is 14.7 Å². The second-order valence-electron chi connectivity index (χ2n) is 10.4. The lowest BCUT2D eigenvalue weighted by Crippen LogP contribution is -2.50. The third kappa shape index (κ3) is 6.14. The Bertz CT molecular complexity index is 1050. The molecule has 1 aromatic carbocycles. The molecule has 1 aromatic heterocycles. The van der Waals surface area contributed by atoms with Crippen LogP contribution in [-0.4, -0.2) is 78.0 Å². The molecule has 2 aliphatic heterocycles. The Balaban J connectivity index is 1.33. The number of aromatic amines is 1. The van der Waals surface area contributed by atoms with Crippen molar-refractivity contribution in [3.05, 3.63) is 52.2 Å². The van der Waals surface area contributed by atoms with Crippen LogP contribution < -0.4 is 15.4 Å². The summed E-state index contributed by atoms with van der Waals surface area (Å²) in [6.07, 6.45) is 0.530. The molecule has 34 heavy (non-hydrogen) atoms. The summed E-state index contributed by atoms with van der Waals surface area (Å²) >= 11 is 0. The molecule has 0 atom stereocenters. The summed E-state index contributed by atoms with van der Waals surface area (Å²) in [5, 5.41) is 0. The van der Waals surface area contributed by atoms with Crippen molar-refractivity contribution in [1.29, 1.82) is 0 Å². The fourth-order valence-electron chi connectivity index (χ4n) is 4.54. The number of carbonyl (C=O) groups is 1. The van der Waals surface area contributed by atoms with E-state index in [1.807, 2.05) is 21.9 Å². The van der Waals surface area contributed by atoms with E-state index in [2.05, 4.69) is 35.6 Å². The normalized spacial score (nSPS) is 17.8. The van der Waals surface area contributed by atoms with Gasteiger partial charge in [-0.1, -0.05) is 32.9 Å². The lowest BCUT2D eigenvalue weighted by Gasteiger charge is -2.37. The summed E-state index contributed by atoms with van der Waals surface area (Å²) in [7, 11) is 0. The molecule has 1 amide bonds. The number of nitrogens with zero attached hydrogens (tertiary/aromatic N) is 5. The van der Waals surface area contributed by atoms with E-state index in [0.717, 1.165) is 31.9 Å². The molecular formula is C25H35FN6O2. The van der Waals surface area contributed by atoms with Crippen LogP contribution in [0.25, 0.3) is 0 Å². The van der Waals surface area contributed by atoms with Gasteiger partial charge in [0, 0.05) is 71.4 Å². The van der Waals surface area contributed by atoms with Gasteiger partial charge in [-0.15, -0.1) is 0 Å². The first-order valence-electron chi connectivity index (χ1n) is 12.0. The van der Waals surface area contributed by atoms with Gasteiger partial charge in [-0.2, -0.15) is 0 Å². The molecule has 2 aromatic rings. The van der Waals surface area contributed by atoms with Crippen molar-refractivity contribution in [2.24, 2.45) is 5.41 Å². The number of halogens is 1. The zero-order valence-corrected chi connectivity index (χ0v) is 20.4. The van der Waals surface area contributed by atoms with Crippen molar-refractivity contribution >= 4 is 17.5 Å². The Labute approximate surface area is 200 Å². The molecule has 0 aliphatic carbocycles. The number of aromatic nitrogens is 2. The molecule has 0 spiro atoms. The summed E-state index contributed by atoms with van der Waals surface area (Å²) in [6, 6.07) is 8.41. The van der Waals surface area contributed by atoms with Gasteiger partial charge in [0.05, 0.1) is 11.4 Å². The molecule has 0 bridgehead atoms. The highest BCUT2D eigenvalue weighted by Crippen LogP contribution is 2.22. The standard InChI is InChI=1S/C25H35FN6O2/c1-25(2,3)17-23(34)31-12-14-32(15-13-31)24-27-19(16-22(33)28-24)18-29-8-10-30(11-9-29)21-7-5-4-6-20(21)26/h4-7,16H,8-15,17-18H2,1-3H3,(H,27,28,33). The number of hydrogen-bond donors (Lipinski definition) is 1. The fourth-order valence-corrected chi connectivity index (χ4v) is 4.54. The minimum Gasteiger partial charge on any atom is -0.367 e. The minimum atomic E-state index is -0.197. The Morgan fingerprint density at radius 1 is 1.00 bits per heavy atom. The average molecular weight is 471 g/mol. The van der Waals surface area contributed by atoms with E-state index in [4.69, 9.17) is 4.98 Å². The molecule has 3 heterocycles. The van der Waals surface area contributed by atoms with Gasteiger partial charge in [0.1, 0.15) is 5.82 Å². The van der Waals surface area contributed by atoms with Crippen molar-refractivity contribution in [2.75, 3.05) is 62.2 Å². The van der Waals surface area contributed by atoms with Gasteiger partial charge in [-0.25, -0.2) is 9.37 Å². The summed E-state index contributed by atoms with van der Waals surface area (Å²) in [4.78, 5) is 40.7. The van der Waals surface area contributed by atoms with Crippen molar-refractivity contribution < 1.29 is 9.18 Å². The summed E-state index contributed by atoms with van der Waals surface area (Å²) in [5.41, 5.74) is 1.16. The van der Waals surface area contributed by atoms with Crippen LogP contribution in [0.2, 0.25) is 0 Å². The molecule has 0 radical (unpaired) electrons. The highest BCUT2D eigenvalue weighted by Gasteiger charge is 2.26. The monoisotopic (exact) mass is 470 g/mol. The number of H-pyrrole nitrogens is 1. The first-order chi connectivity index (χ1) is 16.2. The third-order valence-electron chi connectivity index (χ3n) is 6.35. The van der Waals surface area contributed by atoms with Crippen molar-refractivity contribution in [1.82, 2.24) is 19.8 Å². The molecule has 4 rings (SSSR count). The first-order valence-corrected chi connectivity index (χ1v) is 12.0. The molecule has 1 N–H and O–H groups in total. The fraction of sp³-hybridized carbons (Fsp3) is 0.560. The topological polar surface area (TPSA) is 75.8 Å². The lowest BCUT2D eigenvalue weighted by atomic mass is 9.91. The third-order valence-corrected chi connectivity index (χ3v) is 6.35. The molecule has 184 valence electrons. The lowest BCUT2D eigenvalue weighted by molar-refractivity contribution is -0.133. The Morgan fingerprint density at radius 3 is 2.29 bits per heavy atom. The van der Waals surface area contributed by atoms with Crippen molar-refractivity contribution in [2.45, 2.75) is 33.7 Å². The Kier molecular flexibility index (Phi) is 7.21. The predicted octanol–water partition coefficient (Wildman–Crippen LogP) is 2.32. The van der Waals surface area contributed by atoms with Crippen molar-refractivity contribution in [3.8, 4) is 0 Å². The number of benzene rings is 1. The summed E-state index contributed by atoms with van der Waals surface area (Å²) in [6.45, 7) is 12.3. The van der Waals surface area contributed by atoms with Gasteiger partial charge in [0.2, 0.25) is 11.9 Å². The van der Waals surface area contributed by atoms with Crippen LogP contribution in [0.3, 0.4) is 0 Å². The number of anilines is 2. The number of nitrogens with one attached hydrogen (secondary N) is 1. The van der Waals surface area contributed by atoms with E-state index in [9.17, 15) is 14.0 Å². The molecule has 2 fully saturated rings. The van der Waals surface area contributed by atoms with Gasteiger partial charge in [-0.3, -0.25) is 19.5 Å². The second-order valence-corrected chi connectivity index (χ2v) is 10.4. The average Bonchev–Trinajstić information content (AvgIpc) is 2.79. The number of para-hydroxylation sites is 1. The smallest absolute Gasteiger partial charge is 0.252 e. The molecule has 2 aliphatic rings. The van der Waals surface area contributed by atoms with Crippen LogP contribution in [0.15, 0.2) is 35.1 Å². The number of carbonyl (C=O) groups excluding carboxylic acids is 1. The minimum absolute atomic E-state index is 0.0317. The summed E-state index contributed by atoms with van der Waals surface area (Å²) in [5.74, 6) is 0.546. The van der Waals surface area contributed by atoms with Crippen LogP contribution in [0.1, 0.15) is 32.9 Å². The van der Waals surface area contributed by atoms with Gasteiger partial charge >= 0.3 is 0 Å². The van der Waals surface area contributed by atoms with Gasteiger partial charge in [0.25, 0.3) is 5.56 Å². The Morgan fingerprint density at radius 2 is 1.65 bits per heavy atom. The van der Waals surface area contributed by atoms with Crippen molar-refractivity contribution in [3.63, 3.8) is 0 Å². The number of hydrogen-bond acceptors (Lipinski definition) is 6. The maximum Gasteiger partial charge on any atom is 0.252 e. The molecule has 9 heteroatoms. The highest BCUT2D eigenvalue weighted by molar-refractivity contribution is 5.77. The maximum absolute atomic E-state index is 14.1. The van der Waals surface area contributed by atoms with Crippen LogP contribution in [0.5, 0.6) is 0 Å². The zero-order chi connectivity index (χ0) is 24.3. The SMILES string of the molecule is CC(C)(C)CC(=O)N1CCN(c2nc(CN3CCN(c4ccccc4F)CC3)cc(=O)[nH]2)CC1. The number of amides is 1. The molecule has 8 nitrogen and oxygen atoms in total. The first kappa shape index (κ1) is 24.2. The molecule has 2 saturated heterocycles. The Hall–Kier alpha value is -2.94. The quantitative estimate of drug-likeness (QED) is 0.723. The van der Waals surface area contributed by atoms with E-state index in [0.29, 0.717) is 50.8 Å². The highest BCUT2D eigenvalue weighted by atomic mass is 19.1. The maximum atomic E-state index is 14.1. The van der Waals surface area contributed by atoms with Crippen LogP contribution >= 0.6 is 0 Å². The zero-order valence-electron chi connectivity index (χ0n) is 20.4. The van der Waals surface area contributed by atoms with E-state index in [1.165, 1.54) is 6.07 Å². The van der Waals surface area contributed by atoms with E-state index >= 15 is 0 Å². The summed E-state index contributed by atoms with van der Waals surface area (Å²) < 4.78 is 14.1. The van der Waals surface area contributed by atoms with Crippen LogP contribution in [0.4, 0.5) is 16.0 Å². The van der Waals surface area contributed by atoms with Gasteiger partial charge in [0.15, 0.2) is 0 Å². The van der Waals surface area contributed by atoms with Gasteiger partial charge in [-0.05, 0) is 17.5 Å². The number of piperazine rings is 2.